The van der Waals surface area contributed by atoms with Gasteiger partial charge in [-0.25, -0.2) is 0 Å². The van der Waals surface area contributed by atoms with Gasteiger partial charge in [-0.05, 0) is 25.3 Å². The van der Waals surface area contributed by atoms with E-state index >= 15 is 0 Å². The van der Waals surface area contributed by atoms with Crippen molar-refractivity contribution in [3.05, 3.63) is 18.0 Å². The van der Waals surface area contributed by atoms with Gasteiger partial charge in [0, 0.05) is 31.9 Å². The van der Waals surface area contributed by atoms with Crippen LogP contribution in [-0.2, 0) is 13.6 Å². The summed E-state index contributed by atoms with van der Waals surface area (Å²) < 4.78 is 1.83. The summed E-state index contributed by atoms with van der Waals surface area (Å²) in [5.41, 5.74) is 6.94. The molecule has 1 aliphatic carbocycles. The van der Waals surface area contributed by atoms with E-state index in [2.05, 4.69) is 10.4 Å². The normalized spacial score (nSPS) is 27.0. The van der Waals surface area contributed by atoms with Gasteiger partial charge < -0.3 is 11.1 Å². The summed E-state index contributed by atoms with van der Waals surface area (Å²) in [5, 5.41) is 7.80. The number of aromatic nitrogens is 2. The lowest BCUT2D eigenvalue weighted by molar-refractivity contribution is 0.509. The fourth-order valence-corrected chi connectivity index (χ4v) is 2.01. The largest absolute Gasteiger partial charge is 0.328 e. The van der Waals surface area contributed by atoms with Crippen LogP contribution in [0.2, 0.25) is 0 Å². The average Bonchev–Trinajstić information content (AvgIpc) is 2.72. The Morgan fingerprint density at radius 3 is 3.07 bits per heavy atom. The quantitative estimate of drug-likeness (QED) is 0.732. The topological polar surface area (TPSA) is 55.9 Å². The molecular weight excluding hydrogens is 176 g/mol. The first-order valence-electron chi connectivity index (χ1n) is 5.21. The monoisotopic (exact) mass is 194 g/mol. The maximum absolute atomic E-state index is 5.84. The van der Waals surface area contributed by atoms with Crippen LogP contribution in [0.25, 0.3) is 0 Å². The van der Waals surface area contributed by atoms with Crippen LogP contribution in [-0.4, -0.2) is 21.9 Å². The number of aryl methyl sites for hydroxylation is 1. The Bertz CT molecular complexity index is 294. The maximum Gasteiger partial charge on any atom is 0.0762 e. The molecule has 2 atom stereocenters. The first-order chi connectivity index (χ1) is 6.74. The summed E-state index contributed by atoms with van der Waals surface area (Å²) in [6.45, 7) is 0.859. The second kappa shape index (κ2) is 4.11. The highest BCUT2D eigenvalue weighted by atomic mass is 15.3. The van der Waals surface area contributed by atoms with Crippen molar-refractivity contribution in [2.75, 3.05) is 0 Å². The summed E-state index contributed by atoms with van der Waals surface area (Å²) in [4.78, 5) is 0. The third kappa shape index (κ3) is 2.33. The van der Waals surface area contributed by atoms with Crippen molar-refractivity contribution in [3.63, 3.8) is 0 Å². The highest BCUT2D eigenvalue weighted by Gasteiger charge is 2.20. The average molecular weight is 194 g/mol. The van der Waals surface area contributed by atoms with Gasteiger partial charge in [-0.3, -0.25) is 4.68 Å². The smallest absolute Gasteiger partial charge is 0.0762 e. The van der Waals surface area contributed by atoms with Crippen LogP contribution in [0.15, 0.2) is 12.3 Å². The highest BCUT2D eigenvalue weighted by Crippen LogP contribution is 2.17. The van der Waals surface area contributed by atoms with Gasteiger partial charge in [0.05, 0.1) is 5.69 Å². The summed E-state index contributed by atoms with van der Waals surface area (Å²) in [6.07, 6.45) is 5.43. The van der Waals surface area contributed by atoms with E-state index in [9.17, 15) is 0 Å². The van der Waals surface area contributed by atoms with Crippen molar-refractivity contribution >= 4 is 0 Å². The molecule has 2 unspecified atom stereocenters. The molecule has 1 heterocycles. The molecule has 0 spiro atoms. The van der Waals surface area contributed by atoms with E-state index in [1.165, 1.54) is 6.42 Å². The molecule has 2 rings (SSSR count). The summed E-state index contributed by atoms with van der Waals surface area (Å²) in [5.74, 6) is 0. The molecule has 14 heavy (non-hydrogen) atoms. The van der Waals surface area contributed by atoms with Gasteiger partial charge in [0.1, 0.15) is 0 Å². The van der Waals surface area contributed by atoms with E-state index in [0.717, 1.165) is 25.1 Å². The van der Waals surface area contributed by atoms with Gasteiger partial charge in [-0.2, -0.15) is 5.10 Å². The molecule has 0 bridgehead atoms. The molecule has 1 saturated carbocycles. The molecule has 0 radical (unpaired) electrons. The molecule has 0 saturated heterocycles. The van der Waals surface area contributed by atoms with Crippen molar-refractivity contribution in [3.8, 4) is 0 Å². The second-order valence-electron chi connectivity index (χ2n) is 4.13. The van der Waals surface area contributed by atoms with E-state index in [0.29, 0.717) is 12.1 Å². The van der Waals surface area contributed by atoms with Crippen LogP contribution >= 0.6 is 0 Å². The highest BCUT2D eigenvalue weighted by molar-refractivity contribution is 4.98. The molecule has 4 heteroatoms. The lowest BCUT2D eigenvalue weighted by atomic mass is 10.2. The number of nitrogens with zero attached hydrogens (tertiary/aromatic N) is 2. The zero-order valence-corrected chi connectivity index (χ0v) is 8.61. The molecular formula is C10H18N4. The standard InChI is InChI=1S/C10H18N4/c1-14-5-4-10(13-14)7-12-9-3-2-8(11)6-9/h4-5,8-9,12H,2-3,6-7,11H2,1H3. The fraction of sp³-hybridized carbons (Fsp3) is 0.700. The van der Waals surface area contributed by atoms with Gasteiger partial charge in [0.2, 0.25) is 0 Å². The molecule has 3 N–H and O–H groups in total. The van der Waals surface area contributed by atoms with Crippen LogP contribution < -0.4 is 11.1 Å². The maximum atomic E-state index is 5.84. The molecule has 1 fully saturated rings. The lowest BCUT2D eigenvalue weighted by Gasteiger charge is -2.10. The minimum Gasteiger partial charge on any atom is -0.328 e. The number of hydrogen-bond donors (Lipinski definition) is 2. The molecule has 1 aromatic heterocycles. The Kier molecular flexibility index (Phi) is 2.84. The lowest BCUT2D eigenvalue weighted by Crippen LogP contribution is -2.28. The zero-order valence-electron chi connectivity index (χ0n) is 8.61. The third-order valence-electron chi connectivity index (χ3n) is 2.81. The van der Waals surface area contributed by atoms with Crippen LogP contribution in [0.3, 0.4) is 0 Å². The minimum atomic E-state index is 0.399. The Hall–Kier alpha value is -0.870. The van der Waals surface area contributed by atoms with Gasteiger partial charge in [-0.15, -0.1) is 0 Å². The molecule has 0 amide bonds. The van der Waals surface area contributed by atoms with Crippen LogP contribution in [0.1, 0.15) is 25.0 Å². The number of nitrogens with two attached hydrogens (primary N) is 1. The number of hydrogen-bond acceptors (Lipinski definition) is 3. The molecule has 0 aromatic carbocycles. The van der Waals surface area contributed by atoms with E-state index in [1.807, 2.05) is 24.0 Å². The molecule has 1 aromatic rings. The third-order valence-corrected chi connectivity index (χ3v) is 2.81. The summed E-state index contributed by atoms with van der Waals surface area (Å²) in [6, 6.07) is 3.03. The second-order valence-corrected chi connectivity index (χ2v) is 4.13. The summed E-state index contributed by atoms with van der Waals surface area (Å²) >= 11 is 0. The van der Waals surface area contributed by atoms with Crippen LogP contribution in [0, 0.1) is 0 Å². The Morgan fingerprint density at radius 1 is 1.64 bits per heavy atom. The van der Waals surface area contributed by atoms with E-state index in [1.54, 1.807) is 0 Å². The van der Waals surface area contributed by atoms with Crippen molar-refractivity contribution < 1.29 is 0 Å². The number of nitrogens with one attached hydrogen (secondary N) is 1. The first kappa shape index (κ1) is 9.68. The van der Waals surface area contributed by atoms with Crippen molar-refractivity contribution in [1.29, 1.82) is 0 Å². The SMILES string of the molecule is Cn1ccc(CNC2CCC(N)C2)n1. The van der Waals surface area contributed by atoms with E-state index in [-0.39, 0.29) is 0 Å². The van der Waals surface area contributed by atoms with E-state index < -0.39 is 0 Å². The molecule has 78 valence electrons. The Morgan fingerprint density at radius 2 is 2.50 bits per heavy atom. The van der Waals surface area contributed by atoms with Gasteiger partial charge in [0.15, 0.2) is 0 Å². The fourth-order valence-electron chi connectivity index (χ4n) is 2.01. The van der Waals surface area contributed by atoms with Gasteiger partial charge in [-0.1, -0.05) is 0 Å². The van der Waals surface area contributed by atoms with Crippen molar-refractivity contribution in [2.45, 2.75) is 37.9 Å². The van der Waals surface area contributed by atoms with E-state index in [4.69, 9.17) is 5.73 Å². The molecule has 1 aliphatic rings. The predicted octanol–water partition coefficient (Wildman–Crippen LogP) is 0.389. The van der Waals surface area contributed by atoms with Crippen molar-refractivity contribution in [1.82, 2.24) is 15.1 Å². The molecule has 4 nitrogen and oxygen atoms in total. The van der Waals surface area contributed by atoms with Gasteiger partial charge in [0.25, 0.3) is 0 Å². The Balaban J connectivity index is 1.77. The Labute approximate surface area is 84.5 Å². The first-order valence-corrected chi connectivity index (χ1v) is 5.21. The zero-order chi connectivity index (χ0) is 9.97. The van der Waals surface area contributed by atoms with Crippen LogP contribution in [0.4, 0.5) is 0 Å². The minimum absolute atomic E-state index is 0.399. The van der Waals surface area contributed by atoms with Gasteiger partial charge >= 0.3 is 0 Å². The summed E-state index contributed by atoms with van der Waals surface area (Å²) in [7, 11) is 1.94. The molecule has 0 aliphatic heterocycles. The van der Waals surface area contributed by atoms with Crippen molar-refractivity contribution in [2.24, 2.45) is 12.8 Å². The van der Waals surface area contributed by atoms with Crippen LogP contribution in [0.5, 0.6) is 0 Å². The number of rotatable bonds is 3. The predicted molar refractivity (Wildman–Crippen MR) is 55.7 cm³/mol.